The Labute approximate surface area is 206 Å². The van der Waals surface area contributed by atoms with Crippen molar-refractivity contribution in [3.63, 3.8) is 0 Å². The molecule has 8 nitrogen and oxygen atoms in total. The van der Waals surface area contributed by atoms with E-state index in [9.17, 15) is 14.7 Å². The number of ether oxygens (including phenoxy) is 1. The number of fused-ring (bicyclic) bond motifs is 3. The van der Waals surface area contributed by atoms with Gasteiger partial charge in [-0.3, -0.25) is 14.6 Å². The number of piperidine rings is 1. The number of carboxylic acid groups (broad SMARTS) is 1. The molecule has 0 saturated carbocycles. The van der Waals surface area contributed by atoms with E-state index in [-0.39, 0.29) is 30.7 Å². The Balaban J connectivity index is 1.46. The highest BCUT2D eigenvalue weighted by Crippen LogP contribution is 2.29. The molecule has 1 aromatic heterocycles. The first kappa shape index (κ1) is 24.7. The van der Waals surface area contributed by atoms with Crippen LogP contribution in [0.15, 0.2) is 54.7 Å². The molecule has 1 fully saturated rings. The third kappa shape index (κ3) is 6.82. The van der Waals surface area contributed by atoms with Gasteiger partial charge in [-0.15, -0.1) is 0 Å². The second kappa shape index (κ2) is 11.8. The van der Waals surface area contributed by atoms with Crippen molar-refractivity contribution in [3.05, 3.63) is 66.0 Å². The van der Waals surface area contributed by atoms with Crippen molar-refractivity contribution >= 4 is 17.6 Å². The number of benzene rings is 1. The molecule has 2 N–H and O–H groups in total. The summed E-state index contributed by atoms with van der Waals surface area (Å²) in [6, 6.07) is 12.1. The summed E-state index contributed by atoms with van der Waals surface area (Å²) in [5.41, 5.74) is 3.13. The summed E-state index contributed by atoms with van der Waals surface area (Å²) in [5, 5.41) is 12.6. The molecule has 2 bridgehead atoms. The SMILES string of the molecule is CN(CCc1ccccn1)c1ccc2c(c1)CNCC(=O)N1CC[C@@H](CC(=O)O)[C@@H](/C=C\CO2)C1. The topological polar surface area (TPSA) is 95.0 Å². The van der Waals surface area contributed by atoms with Crippen molar-refractivity contribution in [1.29, 1.82) is 0 Å². The minimum atomic E-state index is -0.793. The van der Waals surface area contributed by atoms with Crippen LogP contribution in [0.4, 0.5) is 5.69 Å². The van der Waals surface area contributed by atoms with E-state index in [2.05, 4.69) is 28.3 Å². The van der Waals surface area contributed by atoms with Crippen LogP contribution >= 0.6 is 0 Å². The summed E-state index contributed by atoms with van der Waals surface area (Å²) in [4.78, 5) is 32.6. The van der Waals surface area contributed by atoms with Crippen molar-refractivity contribution in [2.24, 2.45) is 11.8 Å². The van der Waals surface area contributed by atoms with E-state index in [1.807, 2.05) is 53.6 Å². The van der Waals surface area contributed by atoms with Gasteiger partial charge in [0.1, 0.15) is 12.4 Å². The van der Waals surface area contributed by atoms with Gasteiger partial charge in [0.25, 0.3) is 0 Å². The summed E-state index contributed by atoms with van der Waals surface area (Å²) in [7, 11) is 2.06. The molecule has 0 spiro atoms. The fourth-order valence-electron chi connectivity index (χ4n) is 4.78. The van der Waals surface area contributed by atoms with Crippen molar-refractivity contribution in [1.82, 2.24) is 15.2 Å². The zero-order valence-electron chi connectivity index (χ0n) is 20.2. The van der Waals surface area contributed by atoms with Gasteiger partial charge < -0.3 is 25.0 Å². The molecule has 186 valence electrons. The van der Waals surface area contributed by atoms with Crippen LogP contribution in [0.2, 0.25) is 0 Å². The average Bonchev–Trinajstić information content (AvgIpc) is 2.87. The Morgan fingerprint density at radius 3 is 2.97 bits per heavy atom. The second-order valence-corrected chi connectivity index (χ2v) is 9.28. The largest absolute Gasteiger partial charge is 0.489 e. The van der Waals surface area contributed by atoms with Crippen LogP contribution in [0.25, 0.3) is 0 Å². The standard InChI is InChI=1S/C27H34N4O4/c1-30(12-10-23-6-2-3-11-29-23)24-7-8-25-22(15-24)17-28-18-26(32)31-13-9-20(16-27(33)34)21(19-31)5-4-14-35-25/h2-8,11,15,20-21,28H,9-10,12-14,16-19H2,1H3,(H,33,34)/b5-4-/t20-,21-/m0/s1. The molecule has 0 unspecified atom stereocenters. The van der Waals surface area contributed by atoms with E-state index in [1.54, 1.807) is 0 Å². The van der Waals surface area contributed by atoms with Crippen molar-refractivity contribution in [2.75, 3.05) is 44.7 Å². The lowest BCUT2D eigenvalue weighted by molar-refractivity contribution is -0.139. The molecule has 3 heterocycles. The van der Waals surface area contributed by atoms with E-state index in [0.29, 0.717) is 32.7 Å². The Morgan fingerprint density at radius 1 is 1.29 bits per heavy atom. The number of pyridine rings is 1. The first-order chi connectivity index (χ1) is 17.0. The van der Waals surface area contributed by atoms with Crippen LogP contribution in [-0.4, -0.2) is 66.7 Å². The molecular weight excluding hydrogens is 444 g/mol. The first-order valence-corrected chi connectivity index (χ1v) is 12.2. The molecule has 1 saturated heterocycles. The Morgan fingerprint density at radius 2 is 2.17 bits per heavy atom. The Hall–Kier alpha value is -3.39. The lowest BCUT2D eigenvalue weighted by Crippen LogP contribution is -2.46. The molecule has 4 rings (SSSR count). The molecule has 2 aliphatic heterocycles. The monoisotopic (exact) mass is 478 g/mol. The smallest absolute Gasteiger partial charge is 0.303 e. The molecule has 8 heteroatoms. The van der Waals surface area contributed by atoms with Gasteiger partial charge >= 0.3 is 5.97 Å². The lowest BCUT2D eigenvalue weighted by atomic mass is 9.83. The van der Waals surface area contributed by atoms with E-state index in [1.165, 1.54) is 0 Å². The maximum Gasteiger partial charge on any atom is 0.303 e. The fourth-order valence-corrected chi connectivity index (χ4v) is 4.78. The highest BCUT2D eigenvalue weighted by Gasteiger charge is 2.31. The fraction of sp³-hybridized carbons (Fsp3) is 0.444. The summed E-state index contributed by atoms with van der Waals surface area (Å²) >= 11 is 0. The first-order valence-electron chi connectivity index (χ1n) is 12.2. The second-order valence-electron chi connectivity index (χ2n) is 9.28. The summed E-state index contributed by atoms with van der Waals surface area (Å²) in [6.07, 6.45) is 7.46. The van der Waals surface area contributed by atoms with Crippen LogP contribution in [0.1, 0.15) is 24.1 Å². The Kier molecular flexibility index (Phi) is 8.36. The minimum absolute atomic E-state index is 0.0164. The average molecular weight is 479 g/mol. The van der Waals surface area contributed by atoms with Gasteiger partial charge in [-0.25, -0.2) is 0 Å². The molecule has 2 aliphatic rings. The molecule has 0 radical (unpaired) electrons. The van der Waals surface area contributed by atoms with Crippen LogP contribution < -0.4 is 15.0 Å². The molecular formula is C27H34N4O4. The number of likely N-dealkylation sites (N-methyl/N-ethyl adjacent to an activating group) is 1. The number of carboxylic acids is 1. The van der Waals surface area contributed by atoms with Gasteiger partial charge in [0.05, 0.1) is 6.54 Å². The highest BCUT2D eigenvalue weighted by molar-refractivity contribution is 5.78. The number of hydrogen-bond donors (Lipinski definition) is 2. The molecule has 2 aromatic rings. The minimum Gasteiger partial charge on any atom is -0.489 e. The predicted octanol–water partition coefficient (Wildman–Crippen LogP) is 2.74. The quantitative estimate of drug-likeness (QED) is 0.617. The van der Waals surface area contributed by atoms with Crippen molar-refractivity contribution in [2.45, 2.75) is 25.8 Å². The summed E-state index contributed by atoms with van der Waals surface area (Å²) in [5.74, 6) is 0.0764. The van der Waals surface area contributed by atoms with Crippen LogP contribution in [0.3, 0.4) is 0 Å². The van der Waals surface area contributed by atoms with Gasteiger partial charge in [-0.05, 0) is 48.6 Å². The van der Waals surface area contributed by atoms with E-state index >= 15 is 0 Å². The molecule has 35 heavy (non-hydrogen) atoms. The Bertz CT molecular complexity index is 1040. The maximum atomic E-state index is 12.8. The number of carbonyl (C=O) groups excluding carboxylic acids is 1. The third-order valence-electron chi connectivity index (χ3n) is 6.82. The molecule has 1 amide bonds. The van der Waals surface area contributed by atoms with Gasteiger partial charge in [-0.2, -0.15) is 0 Å². The number of carbonyl (C=O) groups is 2. The van der Waals surface area contributed by atoms with Crippen LogP contribution in [0.5, 0.6) is 5.75 Å². The number of aliphatic carboxylic acids is 1. The highest BCUT2D eigenvalue weighted by atomic mass is 16.5. The van der Waals surface area contributed by atoms with Gasteiger partial charge in [0.15, 0.2) is 0 Å². The molecule has 0 aliphatic carbocycles. The number of hydrogen-bond acceptors (Lipinski definition) is 6. The normalized spacial score (nSPS) is 21.5. The summed E-state index contributed by atoms with van der Waals surface area (Å²) < 4.78 is 6.08. The lowest BCUT2D eigenvalue weighted by Gasteiger charge is -2.37. The third-order valence-corrected chi connectivity index (χ3v) is 6.82. The number of aromatic nitrogens is 1. The van der Waals surface area contributed by atoms with Gasteiger partial charge in [0, 0.05) is 69.2 Å². The van der Waals surface area contributed by atoms with Crippen molar-refractivity contribution in [3.8, 4) is 5.75 Å². The molecule has 1 aromatic carbocycles. The maximum absolute atomic E-state index is 12.8. The number of amides is 1. The zero-order chi connectivity index (χ0) is 24.6. The van der Waals surface area contributed by atoms with Crippen LogP contribution in [-0.2, 0) is 22.6 Å². The van der Waals surface area contributed by atoms with Crippen molar-refractivity contribution < 1.29 is 19.4 Å². The predicted molar refractivity (Wildman–Crippen MR) is 134 cm³/mol. The van der Waals surface area contributed by atoms with Gasteiger partial charge in [-0.1, -0.05) is 18.2 Å². The molecule has 2 atom stereocenters. The number of anilines is 1. The van der Waals surface area contributed by atoms with Crippen LogP contribution in [0, 0.1) is 11.8 Å². The summed E-state index contributed by atoms with van der Waals surface area (Å²) in [6.45, 7) is 3.13. The van der Waals surface area contributed by atoms with E-state index in [0.717, 1.165) is 35.7 Å². The van der Waals surface area contributed by atoms with E-state index < -0.39 is 5.97 Å². The number of rotatable bonds is 6. The number of nitrogens with zero attached hydrogens (tertiary/aromatic N) is 3. The number of nitrogens with one attached hydrogen (secondary N) is 1. The van der Waals surface area contributed by atoms with Gasteiger partial charge in [0.2, 0.25) is 5.91 Å². The zero-order valence-corrected chi connectivity index (χ0v) is 20.2. The van der Waals surface area contributed by atoms with E-state index in [4.69, 9.17) is 4.74 Å².